The van der Waals surface area contributed by atoms with Crippen LogP contribution in [0.5, 0.6) is 17.2 Å². The molecule has 0 atom stereocenters. The van der Waals surface area contributed by atoms with E-state index in [1.807, 2.05) is 31.5 Å². The zero-order valence-corrected chi connectivity index (χ0v) is 13.9. The minimum atomic E-state index is -0.0439. The van der Waals surface area contributed by atoms with E-state index in [2.05, 4.69) is 5.10 Å². The highest BCUT2D eigenvalue weighted by Crippen LogP contribution is 2.40. The average molecular weight is 326 g/mol. The number of hydrogen-bond acceptors (Lipinski definition) is 5. The summed E-state index contributed by atoms with van der Waals surface area (Å²) in [4.78, 5) is 12.8. The fourth-order valence-electron chi connectivity index (χ4n) is 3.12. The second-order valence-electron chi connectivity index (χ2n) is 5.89. The monoisotopic (exact) mass is 326 g/mol. The summed E-state index contributed by atoms with van der Waals surface area (Å²) in [5.41, 5.74) is 4.06. The van der Waals surface area contributed by atoms with Gasteiger partial charge in [-0.15, -0.1) is 0 Å². The highest BCUT2D eigenvalue weighted by molar-refractivity contribution is 6.14. The zero-order valence-electron chi connectivity index (χ0n) is 13.9. The first-order chi connectivity index (χ1) is 11.6. The van der Waals surface area contributed by atoms with Gasteiger partial charge in [0.25, 0.3) is 0 Å². The van der Waals surface area contributed by atoms with E-state index in [1.165, 1.54) is 0 Å². The van der Waals surface area contributed by atoms with Crippen molar-refractivity contribution in [1.29, 1.82) is 0 Å². The molecule has 0 N–H and O–H groups in total. The Morgan fingerprint density at radius 2 is 1.92 bits per heavy atom. The van der Waals surface area contributed by atoms with Crippen molar-refractivity contribution in [1.82, 2.24) is 9.78 Å². The van der Waals surface area contributed by atoms with Crippen LogP contribution in [0.15, 0.2) is 17.7 Å². The quantitative estimate of drug-likeness (QED) is 0.794. The molecule has 6 heteroatoms. The van der Waals surface area contributed by atoms with Gasteiger partial charge in [0.05, 0.1) is 11.3 Å². The molecule has 0 bridgehead atoms. The minimum Gasteiger partial charge on any atom is -0.488 e. The second kappa shape index (κ2) is 5.40. The van der Waals surface area contributed by atoms with Crippen LogP contribution < -0.4 is 14.2 Å². The molecule has 1 aromatic carbocycles. The maximum atomic E-state index is 12.8. The smallest absolute Gasteiger partial charge is 0.231 e. The number of nitrogens with zero attached hydrogens (tertiary/aromatic N) is 2. The molecule has 0 aliphatic carbocycles. The van der Waals surface area contributed by atoms with Crippen LogP contribution in [-0.4, -0.2) is 29.0 Å². The standard InChI is InChI=1S/C18H18N2O4/c1-4-20-11(3)13(10(2)19-20)5-12-8-22-15-7-17-16(23-9-24-17)6-14(15)18(12)21/h5-7H,4,8-9H2,1-3H3/b12-5-. The third-order valence-corrected chi connectivity index (χ3v) is 4.45. The highest BCUT2D eigenvalue weighted by atomic mass is 16.7. The van der Waals surface area contributed by atoms with E-state index in [1.54, 1.807) is 12.1 Å². The molecular formula is C18H18N2O4. The summed E-state index contributed by atoms with van der Waals surface area (Å²) in [6.07, 6.45) is 1.89. The number of benzene rings is 1. The maximum Gasteiger partial charge on any atom is 0.231 e. The molecule has 1 aromatic heterocycles. The van der Waals surface area contributed by atoms with Crippen molar-refractivity contribution in [2.75, 3.05) is 13.4 Å². The number of carbonyl (C=O) groups excluding carboxylic acids is 1. The lowest BCUT2D eigenvalue weighted by Crippen LogP contribution is -2.19. The van der Waals surface area contributed by atoms with Gasteiger partial charge in [0.15, 0.2) is 17.3 Å². The van der Waals surface area contributed by atoms with Crippen LogP contribution in [0, 0.1) is 13.8 Å². The SMILES string of the molecule is CCn1nc(C)c(/C=C2/COc3cc4c(cc3C2=O)OCO4)c1C. The van der Waals surface area contributed by atoms with Gasteiger partial charge in [-0.3, -0.25) is 9.48 Å². The summed E-state index contributed by atoms with van der Waals surface area (Å²) in [7, 11) is 0. The van der Waals surface area contributed by atoms with Crippen molar-refractivity contribution in [2.24, 2.45) is 0 Å². The van der Waals surface area contributed by atoms with Gasteiger partial charge < -0.3 is 14.2 Å². The molecule has 2 aliphatic heterocycles. The normalized spacial score (nSPS) is 17.1. The Balaban J connectivity index is 1.74. The van der Waals surface area contributed by atoms with E-state index in [-0.39, 0.29) is 19.2 Å². The van der Waals surface area contributed by atoms with Crippen LogP contribution in [0.25, 0.3) is 6.08 Å². The van der Waals surface area contributed by atoms with E-state index >= 15 is 0 Å². The molecule has 0 fully saturated rings. The Hall–Kier alpha value is -2.76. The Morgan fingerprint density at radius 1 is 1.17 bits per heavy atom. The number of carbonyl (C=O) groups is 1. The molecule has 4 rings (SSSR count). The number of rotatable bonds is 2. The number of fused-ring (bicyclic) bond motifs is 2. The van der Waals surface area contributed by atoms with E-state index < -0.39 is 0 Å². The molecule has 2 aromatic rings. The van der Waals surface area contributed by atoms with Crippen molar-refractivity contribution >= 4 is 11.9 Å². The Morgan fingerprint density at radius 3 is 2.62 bits per heavy atom. The van der Waals surface area contributed by atoms with Crippen LogP contribution >= 0.6 is 0 Å². The number of ether oxygens (including phenoxy) is 3. The van der Waals surface area contributed by atoms with Crippen molar-refractivity contribution in [3.05, 3.63) is 40.2 Å². The van der Waals surface area contributed by atoms with E-state index in [4.69, 9.17) is 14.2 Å². The van der Waals surface area contributed by atoms with Crippen molar-refractivity contribution in [3.8, 4) is 17.2 Å². The molecule has 124 valence electrons. The summed E-state index contributed by atoms with van der Waals surface area (Å²) >= 11 is 0. The minimum absolute atomic E-state index is 0.0439. The predicted octanol–water partition coefficient (Wildman–Crippen LogP) is 2.91. The van der Waals surface area contributed by atoms with Gasteiger partial charge in [-0.1, -0.05) is 0 Å². The van der Waals surface area contributed by atoms with Crippen LogP contribution in [0.2, 0.25) is 0 Å². The van der Waals surface area contributed by atoms with Crippen molar-refractivity contribution in [3.63, 3.8) is 0 Å². The molecular weight excluding hydrogens is 308 g/mol. The van der Waals surface area contributed by atoms with E-state index in [9.17, 15) is 4.79 Å². The first kappa shape index (κ1) is 14.8. The summed E-state index contributed by atoms with van der Waals surface area (Å²) < 4.78 is 18.4. The van der Waals surface area contributed by atoms with Crippen molar-refractivity contribution < 1.29 is 19.0 Å². The molecule has 6 nitrogen and oxygen atoms in total. The molecule has 0 spiro atoms. The lowest BCUT2D eigenvalue weighted by atomic mass is 9.97. The van der Waals surface area contributed by atoms with Crippen LogP contribution in [-0.2, 0) is 6.54 Å². The highest BCUT2D eigenvalue weighted by Gasteiger charge is 2.28. The van der Waals surface area contributed by atoms with E-state index in [0.717, 1.165) is 23.5 Å². The number of aryl methyl sites for hydroxylation is 2. The molecule has 3 heterocycles. The summed E-state index contributed by atoms with van der Waals surface area (Å²) in [5.74, 6) is 1.69. The summed E-state index contributed by atoms with van der Waals surface area (Å²) in [6, 6.07) is 3.42. The number of Topliss-reactive ketones (excluding diaryl/α,β-unsaturated/α-hetero) is 1. The fraction of sp³-hybridized carbons (Fsp3) is 0.333. The van der Waals surface area contributed by atoms with Gasteiger partial charge >= 0.3 is 0 Å². The third-order valence-electron chi connectivity index (χ3n) is 4.45. The summed E-state index contributed by atoms with van der Waals surface area (Å²) in [5, 5.41) is 4.49. The van der Waals surface area contributed by atoms with Gasteiger partial charge in [0, 0.05) is 29.4 Å². The lowest BCUT2D eigenvalue weighted by molar-refractivity contribution is 0.100. The third kappa shape index (κ3) is 2.18. The Bertz CT molecular complexity index is 880. The largest absolute Gasteiger partial charge is 0.488 e. The maximum absolute atomic E-state index is 12.8. The second-order valence-corrected chi connectivity index (χ2v) is 5.89. The van der Waals surface area contributed by atoms with Gasteiger partial charge in [0.1, 0.15) is 12.4 Å². The van der Waals surface area contributed by atoms with Gasteiger partial charge in [-0.05, 0) is 32.9 Å². The first-order valence-corrected chi connectivity index (χ1v) is 7.94. The van der Waals surface area contributed by atoms with Crippen molar-refractivity contribution in [2.45, 2.75) is 27.3 Å². The lowest BCUT2D eigenvalue weighted by Gasteiger charge is -2.19. The number of ketones is 1. The van der Waals surface area contributed by atoms with Crippen LogP contribution in [0.3, 0.4) is 0 Å². The van der Waals surface area contributed by atoms with Gasteiger partial charge in [-0.2, -0.15) is 5.10 Å². The fourth-order valence-corrected chi connectivity index (χ4v) is 3.12. The number of hydrogen-bond donors (Lipinski definition) is 0. The van der Waals surface area contributed by atoms with Crippen LogP contribution in [0.4, 0.5) is 0 Å². The predicted molar refractivity (Wildman–Crippen MR) is 87.7 cm³/mol. The Kier molecular flexibility index (Phi) is 3.33. The van der Waals surface area contributed by atoms with Gasteiger partial charge in [0.2, 0.25) is 6.79 Å². The number of aromatic nitrogens is 2. The summed E-state index contributed by atoms with van der Waals surface area (Å²) in [6.45, 7) is 7.21. The zero-order chi connectivity index (χ0) is 16.8. The molecule has 0 saturated carbocycles. The first-order valence-electron chi connectivity index (χ1n) is 7.94. The topological polar surface area (TPSA) is 62.6 Å². The molecule has 0 amide bonds. The molecule has 0 radical (unpaired) electrons. The molecule has 2 aliphatic rings. The average Bonchev–Trinajstić information content (AvgIpc) is 3.14. The molecule has 0 saturated heterocycles. The molecule has 24 heavy (non-hydrogen) atoms. The van der Waals surface area contributed by atoms with E-state index in [0.29, 0.717) is 28.4 Å². The van der Waals surface area contributed by atoms with Crippen LogP contribution in [0.1, 0.15) is 34.2 Å². The molecule has 0 unspecified atom stereocenters. The Labute approximate surface area is 139 Å². The van der Waals surface area contributed by atoms with Gasteiger partial charge in [-0.25, -0.2) is 0 Å².